The van der Waals surface area contributed by atoms with Gasteiger partial charge in [-0.25, -0.2) is 4.79 Å². The number of aryl methyl sites for hydroxylation is 1. The number of benzene rings is 1. The number of likely N-dealkylation sites (tertiary alicyclic amines) is 2. The molecular formula is C27H31N3O5. The van der Waals surface area contributed by atoms with Gasteiger partial charge >= 0.3 is 5.97 Å². The molecule has 3 amide bonds. The number of amides is 3. The minimum atomic E-state index is -1.32. The lowest BCUT2D eigenvalue weighted by Crippen LogP contribution is -2.51. The van der Waals surface area contributed by atoms with Gasteiger partial charge in [0.25, 0.3) is 0 Å². The van der Waals surface area contributed by atoms with Crippen molar-refractivity contribution in [1.82, 2.24) is 14.8 Å². The SMILES string of the molecule is CCOC(=O)C1CCCCN1C(=O)CC1(c2ccccc2C)CC(=O)N(Cc2ccncc2)C1=O. The highest BCUT2D eigenvalue weighted by molar-refractivity contribution is 6.11. The topological polar surface area (TPSA) is 96.9 Å². The maximum absolute atomic E-state index is 14.0. The number of aromatic nitrogens is 1. The molecule has 8 nitrogen and oxygen atoms in total. The molecule has 2 saturated heterocycles. The molecule has 0 bridgehead atoms. The van der Waals surface area contributed by atoms with Gasteiger partial charge in [-0.3, -0.25) is 24.3 Å². The molecule has 184 valence electrons. The molecule has 2 unspecified atom stereocenters. The smallest absolute Gasteiger partial charge is 0.328 e. The van der Waals surface area contributed by atoms with Gasteiger partial charge in [-0.2, -0.15) is 0 Å². The molecule has 0 N–H and O–H groups in total. The van der Waals surface area contributed by atoms with Crippen LogP contribution in [0.25, 0.3) is 0 Å². The molecule has 3 heterocycles. The molecule has 0 spiro atoms. The van der Waals surface area contributed by atoms with Gasteiger partial charge < -0.3 is 9.64 Å². The number of rotatable bonds is 7. The Balaban J connectivity index is 1.68. The summed E-state index contributed by atoms with van der Waals surface area (Å²) < 4.78 is 5.22. The van der Waals surface area contributed by atoms with E-state index in [2.05, 4.69) is 4.98 Å². The number of carbonyl (C=O) groups excluding carboxylic acids is 4. The van der Waals surface area contributed by atoms with Crippen LogP contribution < -0.4 is 0 Å². The van der Waals surface area contributed by atoms with Crippen LogP contribution in [0.15, 0.2) is 48.8 Å². The summed E-state index contributed by atoms with van der Waals surface area (Å²) in [6.07, 6.45) is 5.10. The summed E-state index contributed by atoms with van der Waals surface area (Å²) in [6.45, 7) is 4.40. The van der Waals surface area contributed by atoms with E-state index < -0.39 is 17.4 Å². The van der Waals surface area contributed by atoms with Crippen LogP contribution in [-0.2, 0) is 35.9 Å². The lowest BCUT2D eigenvalue weighted by molar-refractivity contribution is -0.157. The predicted molar refractivity (Wildman–Crippen MR) is 128 cm³/mol. The standard InChI is InChI=1S/C27H31N3O5/c1-3-35-25(33)22-10-6-7-15-29(22)23(31)16-27(21-9-5-4-8-19(21)2)17-24(32)30(26(27)34)18-20-11-13-28-14-12-20/h4-5,8-9,11-14,22H,3,6-7,10,15-18H2,1-2H3. The molecule has 2 aliphatic heterocycles. The second-order valence-corrected chi connectivity index (χ2v) is 9.24. The highest BCUT2D eigenvalue weighted by Gasteiger charge is 2.55. The van der Waals surface area contributed by atoms with Crippen molar-refractivity contribution in [3.8, 4) is 0 Å². The summed E-state index contributed by atoms with van der Waals surface area (Å²) in [5, 5.41) is 0. The third-order valence-electron chi connectivity index (χ3n) is 6.99. The van der Waals surface area contributed by atoms with Gasteiger partial charge in [0.05, 0.1) is 18.6 Å². The molecule has 1 aromatic carbocycles. The van der Waals surface area contributed by atoms with Gasteiger partial charge in [-0.05, 0) is 61.9 Å². The molecule has 2 fully saturated rings. The van der Waals surface area contributed by atoms with Crippen LogP contribution in [0.3, 0.4) is 0 Å². The van der Waals surface area contributed by atoms with E-state index in [0.29, 0.717) is 18.5 Å². The monoisotopic (exact) mass is 477 g/mol. The average molecular weight is 478 g/mol. The first-order valence-electron chi connectivity index (χ1n) is 12.1. The van der Waals surface area contributed by atoms with Crippen LogP contribution in [0.4, 0.5) is 0 Å². The Morgan fingerprint density at radius 3 is 2.57 bits per heavy atom. The quantitative estimate of drug-likeness (QED) is 0.449. The zero-order chi connectivity index (χ0) is 25.0. The summed E-state index contributed by atoms with van der Waals surface area (Å²) in [4.78, 5) is 60.2. The summed E-state index contributed by atoms with van der Waals surface area (Å²) in [5.41, 5.74) is 0.983. The molecule has 35 heavy (non-hydrogen) atoms. The Hall–Kier alpha value is -3.55. The number of hydrogen-bond donors (Lipinski definition) is 0. The zero-order valence-electron chi connectivity index (χ0n) is 20.2. The van der Waals surface area contributed by atoms with Crippen molar-refractivity contribution in [2.75, 3.05) is 13.2 Å². The Kier molecular flexibility index (Phi) is 7.28. The molecule has 0 radical (unpaired) electrons. The summed E-state index contributed by atoms with van der Waals surface area (Å²) in [5.74, 6) is -1.42. The van der Waals surface area contributed by atoms with Crippen molar-refractivity contribution >= 4 is 23.7 Å². The third kappa shape index (κ3) is 4.83. The zero-order valence-corrected chi connectivity index (χ0v) is 20.2. The Bertz CT molecular complexity index is 1120. The summed E-state index contributed by atoms with van der Waals surface area (Å²) >= 11 is 0. The third-order valence-corrected chi connectivity index (χ3v) is 6.99. The molecular weight excluding hydrogens is 446 g/mol. The fraction of sp³-hybridized carbons (Fsp3) is 0.444. The molecule has 2 atom stereocenters. The van der Waals surface area contributed by atoms with Gasteiger partial charge in [0.1, 0.15) is 6.04 Å². The lowest BCUT2D eigenvalue weighted by Gasteiger charge is -2.37. The van der Waals surface area contributed by atoms with E-state index in [9.17, 15) is 19.2 Å². The van der Waals surface area contributed by atoms with E-state index in [0.717, 1.165) is 24.0 Å². The van der Waals surface area contributed by atoms with E-state index in [1.54, 1.807) is 36.4 Å². The van der Waals surface area contributed by atoms with Crippen LogP contribution in [0.1, 0.15) is 55.7 Å². The molecule has 0 aliphatic carbocycles. The first kappa shape index (κ1) is 24.6. The number of esters is 1. The lowest BCUT2D eigenvalue weighted by atomic mass is 9.73. The molecule has 2 aliphatic rings. The highest BCUT2D eigenvalue weighted by Crippen LogP contribution is 2.42. The number of hydrogen-bond acceptors (Lipinski definition) is 6. The Morgan fingerprint density at radius 2 is 1.86 bits per heavy atom. The van der Waals surface area contributed by atoms with E-state index in [1.165, 1.54) is 4.90 Å². The molecule has 0 saturated carbocycles. The van der Waals surface area contributed by atoms with Gasteiger partial charge in [0.2, 0.25) is 17.7 Å². The molecule has 1 aromatic heterocycles. The van der Waals surface area contributed by atoms with Crippen LogP contribution >= 0.6 is 0 Å². The number of piperidine rings is 1. The van der Waals surface area contributed by atoms with Crippen LogP contribution in [0.5, 0.6) is 0 Å². The van der Waals surface area contributed by atoms with E-state index in [-0.39, 0.29) is 43.7 Å². The van der Waals surface area contributed by atoms with Crippen molar-refractivity contribution in [2.24, 2.45) is 0 Å². The van der Waals surface area contributed by atoms with Crippen molar-refractivity contribution in [3.05, 3.63) is 65.5 Å². The Morgan fingerprint density at radius 1 is 1.11 bits per heavy atom. The predicted octanol–water partition coefficient (Wildman–Crippen LogP) is 2.92. The highest BCUT2D eigenvalue weighted by atomic mass is 16.5. The van der Waals surface area contributed by atoms with Gasteiger partial charge in [-0.15, -0.1) is 0 Å². The van der Waals surface area contributed by atoms with Crippen LogP contribution in [0, 0.1) is 6.92 Å². The number of nitrogens with zero attached hydrogens (tertiary/aromatic N) is 3. The van der Waals surface area contributed by atoms with E-state index >= 15 is 0 Å². The minimum Gasteiger partial charge on any atom is -0.464 e. The van der Waals surface area contributed by atoms with Crippen molar-refractivity contribution in [1.29, 1.82) is 0 Å². The minimum absolute atomic E-state index is 0.0918. The largest absolute Gasteiger partial charge is 0.464 e. The van der Waals surface area contributed by atoms with Crippen LogP contribution in [-0.4, -0.2) is 57.7 Å². The average Bonchev–Trinajstić information content (AvgIpc) is 3.09. The number of pyridine rings is 1. The van der Waals surface area contributed by atoms with Gasteiger partial charge in [0.15, 0.2) is 0 Å². The second kappa shape index (κ2) is 10.4. The number of carbonyl (C=O) groups is 4. The van der Waals surface area contributed by atoms with Gasteiger partial charge in [-0.1, -0.05) is 24.3 Å². The fourth-order valence-corrected chi connectivity index (χ4v) is 5.26. The normalized spacial score (nSPS) is 22.4. The first-order chi connectivity index (χ1) is 16.9. The van der Waals surface area contributed by atoms with Crippen molar-refractivity contribution < 1.29 is 23.9 Å². The van der Waals surface area contributed by atoms with Gasteiger partial charge in [0, 0.05) is 31.8 Å². The van der Waals surface area contributed by atoms with Crippen molar-refractivity contribution in [3.63, 3.8) is 0 Å². The first-order valence-corrected chi connectivity index (χ1v) is 12.1. The Labute approximate surface area is 205 Å². The maximum atomic E-state index is 14.0. The number of ether oxygens (including phenoxy) is 1. The fourth-order valence-electron chi connectivity index (χ4n) is 5.26. The summed E-state index contributed by atoms with van der Waals surface area (Å²) in [7, 11) is 0. The molecule has 8 heteroatoms. The summed E-state index contributed by atoms with van der Waals surface area (Å²) in [6, 6.07) is 10.3. The number of imide groups is 1. The maximum Gasteiger partial charge on any atom is 0.328 e. The molecule has 4 rings (SSSR count). The van der Waals surface area contributed by atoms with Crippen LogP contribution in [0.2, 0.25) is 0 Å². The van der Waals surface area contributed by atoms with E-state index in [4.69, 9.17) is 4.74 Å². The van der Waals surface area contributed by atoms with Crippen molar-refractivity contribution in [2.45, 2.75) is 64.0 Å². The molecule has 2 aromatic rings. The van der Waals surface area contributed by atoms with E-state index in [1.807, 2.05) is 31.2 Å². The second-order valence-electron chi connectivity index (χ2n) is 9.24.